The summed E-state index contributed by atoms with van der Waals surface area (Å²) in [5, 5.41) is 5.85. The number of hydrogen-bond acceptors (Lipinski definition) is 8. The number of rotatable bonds is 8. The summed E-state index contributed by atoms with van der Waals surface area (Å²) in [5.41, 5.74) is 5.35. The molecule has 2 aromatic rings. The van der Waals surface area contributed by atoms with Crippen LogP contribution in [0, 0.1) is 0 Å². The fourth-order valence-corrected chi connectivity index (χ4v) is 4.19. The predicted molar refractivity (Wildman–Crippen MR) is 130 cm³/mol. The molecule has 1 saturated heterocycles. The molecule has 198 valence electrons. The average molecular weight is 520 g/mol. The third-order valence-corrected chi connectivity index (χ3v) is 6.13. The van der Waals surface area contributed by atoms with E-state index in [9.17, 15) is 22.8 Å². The van der Waals surface area contributed by atoms with Gasteiger partial charge in [-0.05, 0) is 37.6 Å². The van der Waals surface area contributed by atoms with Crippen molar-refractivity contribution in [1.82, 2.24) is 19.8 Å². The first-order valence-electron chi connectivity index (χ1n) is 11.9. The minimum atomic E-state index is -4.72. The van der Waals surface area contributed by atoms with Crippen LogP contribution in [0.4, 0.5) is 24.5 Å². The van der Waals surface area contributed by atoms with Crippen molar-refractivity contribution in [3.8, 4) is 0 Å². The number of nitrogens with one attached hydrogen (secondary N) is 2. The number of hydrogen-bond donors (Lipinski definition) is 3. The van der Waals surface area contributed by atoms with Gasteiger partial charge in [0.25, 0.3) is 11.8 Å². The molecule has 37 heavy (non-hydrogen) atoms. The maximum absolute atomic E-state index is 13.2. The summed E-state index contributed by atoms with van der Waals surface area (Å²) in [7, 11) is 0. The largest absolute Gasteiger partial charge is 0.433 e. The van der Waals surface area contributed by atoms with Crippen molar-refractivity contribution in [1.29, 1.82) is 0 Å². The van der Waals surface area contributed by atoms with Gasteiger partial charge in [0.15, 0.2) is 5.82 Å². The average Bonchev–Trinajstić information content (AvgIpc) is 3.29. The lowest BCUT2D eigenvalue weighted by atomic mass is 10.1. The van der Waals surface area contributed by atoms with E-state index >= 15 is 0 Å². The zero-order valence-corrected chi connectivity index (χ0v) is 20.3. The van der Waals surface area contributed by atoms with Crippen molar-refractivity contribution >= 4 is 28.8 Å². The summed E-state index contributed by atoms with van der Waals surface area (Å²) in [6.07, 6.45) is -2.98. The topological polar surface area (TPSA) is 126 Å². The van der Waals surface area contributed by atoms with Gasteiger partial charge < -0.3 is 26.0 Å². The van der Waals surface area contributed by atoms with Crippen LogP contribution in [0.25, 0.3) is 5.57 Å². The number of benzene rings is 1. The molecule has 10 nitrogen and oxygen atoms in total. The Bertz CT molecular complexity index is 1200. The van der Waals surface area contributed by atoms with Crippen LogP contribution in [0.5, 0.6) is 0 Å². The monoisotopic (exact) mass is 519 g/mol. The highest BCUT2D eigenvalue weighted by Crippen LogP contribution is 2.35. The zero-order chi connectivity index (χ0) is 26.6. The highest BCUT2D eigenvalue weighted by Gasteiger charge is 2.34. The number of anilines is 2. The molecule has 0 spiro atoms. The minimum absolute atomic E-state index is 0.0317. The van der Waals surface area contributed by atoms with Crippen LogP contribution < -0.4 is 16.4 Å². The standard InChI is InChI=1S/C24H28F3N7O3/c1-2-34(9-3-8-33-10-12-37-13-11-33)23(36)15-4-5-16-17(14-15)31-22(30-16)19(20(28)35)21-29-7-6-18(32-21)24(25,26)27/h4-7,14,30-31H,2-3,8-13H2,1H3,(H2,28,35)/b22-19-. The van der Waals surface area contributed by atoms with Crippen LogP contribution in [0.3, 0.4) is 0 Å². The number of halogens is 3. The Morgan fingerprint density at radius 1 is 1.16 bits per heavy atom. The van der Waals surface area contributed by atoms with Crippen molar-refractivity contribution in [2.75, 3.05) is 56.6 Å². The maximum Gasteiger partial charge on any atom is 0.433 e. The van der Waals surface area contributed by atoms with E-state index in [1.807, 2.05) is 6.92 Å². The molecular weight excluding hydrogens is 491 g/mol. The first-order chi connectivity index (χ1) is 17.7. The fraction of sp³-hybridized carbons (Fsp3) is 0.417. The van der Waals surface area contributed by atoms with Gasteiger partial charge in [0.2, 0.25) is 0 Å². The molecule has 2 aliphatic heterocycles. The van der Waals surface area contributed by atoms with Gasteiger partial charge in [-0.25, -0.2) is 9.97 Å². The lowest BCUT2D eigenvalue weighted by Crippen LogP contribution is -2.39. The molecule has 4 N–H and O–H groups in total. The molecule has 0 radical (unpaired) electrons. The molecular formula is C24H28F3N7O3. The van der Waals surface area contributed by atoms with Crippen molar-refractivity contribution in [2.24, 2.45) is 5.73 Å². The second-order valence-electron chi connectivity index (χ2n) is 8.58. The molecule has 0 atom stereocenters. The van der Waals surface area contributed by atoms with E-state index in [-0.39, 0.29) is 17.3 Å². The fourth-order valence-electron chi connectivity index (χ4n) is 4.19. The van der Waals surface area contributed by atoms with Gasteiger partial charge in [0.1, 0.15) is 17.1 Å². The maximum atomic E-state index is 13.2. The van der Waals surface area contributed by atoms with E-state index in [0.29, 0.717) is 36.1 Å². The Labute approximate surface area is 211 Å². The number of nitrogens with two attached hydrogens (primary N) is 1. The van der Waals surface area contributed by atoms with E-state index in [1.165, 1.54) is 0 Å². The third kappa shape index (κ3) is 6.17. The molecule has 4 rings (SSSR count). The quantitative estimate of drug-likeness (QED) is 0.454. The van der Waals surface area contributed by atoms with Gasteiger partial charge in [-0.2, -0.15) is 13.2 Å². The Balaban J connectivity index is 1.50. The van der Waals surface area contributed by atoms with Crippen molar-refractivity contribution in [2.45, 2.75) is 19.5 Å². The summed E-state index contributed by atoms with van der Waals surface area (Å²) in [6, 6.07) is 5.62. The Morgan fingerprint density at radius 2 is 1.89 bits per heavy atom. The Kier molecular flexibility index (Phi) is 7.93. The molecule has 3 heterocycles. The number of carbonyl (C=O) groups is 2. The van der Waals surface area contributed by atoms with Crippen molar-refractivity contribution in [3.63, 3.8) is 0 Å². The minimum Gasteiger partial charge on any atom is -0.379 e. The number of carbonyl (C=O) groups excluding carboxylic acids is 2. The number of ether oxygens (including phenoxy) is 1. The summed E-state index contributed by atoms with van der Waals surface area (Å²) in [5.74, 6) is -1.61. The second-order valence-corrected chi connectivity index (χ2v) is 8.58. The van der Waals surface area contributed by atoms with Crippen molar-refractivity contribution in [3.05, 3.63) is 53.4 Å². The predicted octanol–water partition coefficient (Wildman–Crippen LogP) is 2.37. The van der Waals surface area contributed by atoms with Gasteiger partial charge in [-0.15, -0.1) is 0 Å². The van der Waals surface area contributed by atoms with E-state index in [4.69, 9.17) is 10.5 Å². The Morgan fingerprint density at radius 3 is 2.57 bits per heavy atom. The number of aromatic nitrogens is 2. The molecule has 2 amide bonds. The lowest BCUT2D eigenvalue weighted by molar-refractivity contribution is -0.141. The van der Waals surface area contributed by atoms with Crippen LogP contribution in [0.15, 0.2) is 36.3 Å². The van der Waals surface area contributed by atoms with E-state index < -0.39 is 23.6 Å². The van der Waals surface area contributed by atoms with Gasteiger partial charge in [-0.1, -0.05) is 0 Å². The van der Waals surface area contributed by atoms with Gasteiger partial charge >= 0.3 is 6.18 Å². The Hall–Kier alpha value is -3.71. The van der Waals surface area contributed by atoms with Crippen LogP contribution in [0.1, 0.15) is 35.2 Å². The molecule has 1 fully saturated rings. The highest BCUT2D eigenvalue weighted by atomic mass is 19.4. The zero-order valence-electron chi connectivity index (χ0n) is 20.3. The number of amides is 2. The lowest BCUT2D eigenvalue weighted by Gasteiger charge is -2.28. The summed E-state index contributed by atoms with van der Waals surface area (Å²) >= 11 is 0. The summed E-state index contributed by atoms with van der Waals surface area (Å²) in [6.45, 7) is 7.14. The van der Waals surface area contributed by atoms with Crippen LogP contribution in [-0.4, -0.2) is 77.5 Å². The molecule has 1 aromatic carbocycles. The van der Waals surface area contributed by atoms with E-state index in [1.54, 1.807) is 23.1 Å². The number of alkyl halides is 3. The molecule has 1 aromatic heterocycles. The SMILES string of the molecule is CCN(CCCN1CCOCC1)C(=O)c1ccc2c(c1)N/C(=C(/C(N)=O)c1nccc(C(F)(F)F)n1)N2. The van der Waals surface area contributed by atoms with Crippen LogP contribution in [-0.2, 0) is 15.7 Å². The van der Waals surface area contributed by atoms with Gasteiger partial charge in [0.05, 0.1) is 24.6 Å². The van der Waals surface area contributed by atoms with Gasteiger partial charge in [0, 0.05) is 44.5 Å². The first-order valence-corrected chi connectivity index (χ1v) is 11.9. The normalized spacial score (nSPS) is 17.0. The molecule has 0 saturated carbocycles. The molecule has 0 unspecified atom stereocenters. The number of primary amides is 1. The van der Waals surface area contributed by atoms with E-state index in [0.717, 1.165) is 45.5 Å². The molecule has 13 heteroatoms. The number of morpholine rings is 1. The van der Waals surface area contributed by atoms with Crippen LogP contribution in [0.2, 0.25) is 0 Å². The highest BCUT2D eigenvalue weighted by molar-refractivity contribution is 6.20. The van der Waals surface area contributed by atoms with Gasteiger partial charge in [-0.3, -0.25) is 14.5 Å². The summed E-state index contributed by atoms with van der Waals surface area (Å²) in [4.78, 5) is 36.7. The van der Waals surface area contributed by atoms with Crippen molar-refractivity contribution < 1.29 is 27.5 Å². The number of fused-ring (bicyclic) bond motifs is 1. The summed E-state index contributed by atoms with van der Waals surface area (Å²) < 4.78 is 44.7. The number of nitrogens with zero attached hydrogens (tertiary/aromatic N) is 4. The first kappa shape index (κ1) is 26.4. The smallest absolute Gasteiger partial charge is 0.379 e. The van der Waals surface area contributed by atoms with Crippen LogP contribution >= 0.6 is 0 Å². The third-order valence-electron chi connectivity index (χ3n) is 6.13. The molecule has 0 bridgehead atoms. The molecule has 2 aliphatic rings. The second kappa shape index (κ2) is 11.1. The molecule has 0 aliphatic carbocycles. The van der Waals surface area contributed by atoms with E-state index in [2.05, 4.69) is 25.5 Å².